The lowest BCUT2D eigenvalue weighted by atomic mass is 10.2. The van der Waals surface area contributed by atoms with Gasteiger partial charge in [-0.3, -0.25) is 4.79 Å². The van der Waals surface area contributed by atoms with Crippen LogP contribution in [-0.2, 0) is 0 Å². The number of hydrogen-bond donors (Lipinski definition) is 1. The van der Waals surface area contributed by atoms with Crippen LogP contribution in [0.25, 0.3) is 0 Å². The molecule has 6 heteroatoms. The van der Waals surface area contributed by atoms with E-state index in [1.54, 1.807) is 24.4 Å². The molecule has 0 aliphatic carbocycles. The molecule has 0 bridgehead atoms. The summed E-state index contributed by atoms with van der Waals surface area (Å²) in [5, 5.41) is 2.84. The van der Waals surface area contributed by atoms with Crippen molar-refractivity contribution in [1.29, 1.82) is 0 Å². The number of pyridine rings is 1. The second-order valence-corrected chi connectivity index (χ2v) is 5.10. The van der Waals surface area contributed by atoms with Crippen LogP contribution < -0.4 is 19.7 Å². The van der Waals surface area contributed by atoms with Crippen LogP contribution in [0.5, 0.6) is 11.5 Å². The Morgan fingerprint density at radius 3 is 2.65 bits per heavy atom. The molecule has 0 saturated carbocycles. The van der Waals surface area contributed by atoms with E-state index in [0.29, 0.717) is 22.7 Å². The third-order valence-electron chi connectivity index (χ3n) is 3.73. The predicted octanol–water partition coefficient (Wildman–Crippen LogP) is 2.91. The fourth-order valence-electron chi connectivity index (χ4n) is 2.44. The lowest BCUT2D eigenvalue weighted by Crippen LogP contribution is -2.22. The number of amides is 1. The lowest BCUT2D eigenvalue weighted by molar-refractivity contribution is 0.102. The number of aromatic nitrogens is 1. The van der Waals surface area contributed by atoms with E-state index in [2.05, 4.69) is 29.0 Å². The zero-order valence-electron chi connectivity index (χ0n) is 13.2. The van der Waals surface area contributed by atoms with E-state index in [1.807, 2.05) is 12.1 Å². The summed E-state index contributed by atoms with van der Waals surface area (Å²) >= 11 is 0. The minimum absolute atomic E-state index is 0.192. The van der Waals surface area contributed by atoms with Gasteiger partial charge >= 0.3 is 0 Å². The van der Waals surface area contributed by atoms with Gasteiger partial charge in [0.15, 0.2) is 11.5 Å². The molecule has 1 aromatic carbocycles. The van der Waals surface area contributed by atoms with Crippen molar-refractivity contribution in [1.82, 2.24) is 4.98 Å². The Labute approximate surface area is 135 Å². The molecule has 0 fully saturated rings. The smallest absolute Gasteiger partial charge is 0.255 e. The fraction of sp³-hybridized carbons (Fsp3) is 0.294. The van der Waals surface area contributed by atoms with Gasteiger partial charge in [0.25, 0.3) is 5.91 Å². The maximum absolute atomic E-state index is 12.3. The van der Waals surface area contributed by atoms with Crippen LogP contribution >= 0.6 is 0 Å². The average molecular weight is 313 g/mol. The van der Waals surface area contributed by atoms with E-state index < -0.39 is 0 Å². The summed E-state index contributed by atoms with van der Waals surface area (Å²) in [6.07, 6.45) is 1.67. The van der Waals surface area contributed by atoms with Gasteiger partial charge in [0.1, 0.15) is 5.82 Å². The monoisotopic (exact) mass is 313 g/mol. The second kappa shape index (κ2) is 6.56. The number of nitrogens with one attached hydrogen (secondary N) is 1. The molecule has 6 nitrogen and oxygen atoms in total. The van der Waals surface area contributed by atoms with Crippen LogP contribution in [0.1, 0.15) is 24.2 Å². The quantitative estimate of drug-likeness (QED) is 0.919. The third kappa shape index (κ3) is 3.21. The van der Waals surface area contributed by atoms with Crippen molar-refractivity contribution in [3.63, 3.8) is 0 Å². The first-order chi connectivity index (χ1) is 11.2. The number of carbonyl (C=O) groups excluding carboxylic acids is 1. The van der Waals surface area contributed by atoms with E-state index in [-0.39, 0.29) is 12.7 Å². The number of hydrogen-bond acceptors (Lipinski definition) is 5. The number of benzene rings is 1. The molecule has 0 saturated heterocycles. The summed E-state index contributed by atoms with van der Waals surface area (Å²) < 4.78 is 10.5. The van der Waals surface area contributed by atoms with Crippen LogP contribution in [0.2, 0.25) is 0 Å². The minimum atomic E-state index is -0.208. The molecular weight excluding hydrogens is 294 g/mol. The molecule has 0 unspecified atom stereocenters. The minimum Gasteiger partial charge on any atom is -0.454 e. The standard InChI is InChI=1S/C17H19N3O3/c1-3-20(4-2)16-8-6-13(10-18-16)19-17(21)12-5-7-14-15(9-12)23-11-22-14/h5-10H,3-4,11H2,1-2H3,(H,19,21). The highest BCUT2D eigenvalue weighted by molar-refractivity contribution is 6.04. The molecule has 1 N–H and O–H groups in total. The SMILES string of the molecule is CCN(CC)c1ccc(NC(=O)c2ccc3c(c2)OCO3)cn1. The van der Waals surface area contributed by atoms with Gasteiger partial charge < -0.3 is 19.7 Å². The van der Waals surface area contributed by atoms with Crippen molar-refractivity contribution < 1.29 is 14.3 Å². The molecule has 120 valence electrons. The first kappa shape index (κ1) is 15.1. The third-order valence-corrected chi connectivity index (χ3v) is 3.73. The van der Waals surface area contributed by atoms with Gasteiger partial charge in [-0.05, 0) is 44.2 Å². The Kier molecular flexibility index (Phi) is 4.32. The fourth-order valence-corrected chi connectivity index (χ4v) is 2.44. The Hall–Kier alpha value is -2.76. The van der Waals surface area contributed by atoms with Crippen molar-refractivity contribution in [3.8, 4) is 11.5 Å². The summed E-state index contributed by atoms with van der Waals surface area (Å²) in [4.78, 5) is 18.8. The highest BCUT2D eigenvalue weighted by Crippen LogP contribution is 2.32. The molecule has 0 atom stereocenters. The van der Waals surface area contributed by atoms with Crippen molar-refractivity contribution >= 4 is 17.4 Å². The van der Waals surface area contributed by atoms with Crippen molar-refractivity contribution in [2.24, 2.45) is 0 Å². The second-order valence-electron chi connectivity index (χ2n) is 5.10. The summed E-state index contributed by atoms with van der Waals surface area (Å²) in [5.74, 6) is 1.94. The highest BCUT2D eigenvalue weighted by atomic mass is 16.7. The van der Waals surface area contributed by atoms with E-state index >= 15 is 0 Å². The normalized spacial score (nSPS) is 12.1. The van der Waals surface area contributed by atoms with Crippen LogP contribution in [0.15, 0.2) is 36.5 Å². The molecule has 2 aromatic rings. The number of fused-ring (bicyclic) bond motifs is 1. The zero-order chi connectivity index (χ0) is 16.2. The Balaban J connectivity index is 1.70. The topological polar surface area (TPSA) is 63.7 Å². The maximum Gasteiger partial charge on any atom is 0.255 e. The van der Waals surface area contributed by atoms with Crippen LogP contribution in [0.4, 0.5) is 11.5 Å². The number of ether oxygens (including phenoxy) is 2. The zero-order valence-corrected chi connectivity index (χ0v) is 13.2. The van der Waals surface area contributed by atoms with Crippen molar-refractivity contribution in [2.45, 2.75) is 13.8 Å². The van der Waals surface area contributed by atoms with Crippen LogP contribution in [0, 0.1) is 0 Å². The summed E-state index contributed by atoms with van der Waals surface area (Å²) in [7, 11) is 0. The first-order valence-electron chi connectivity index (χ1n) is 7.63. The molecule has 1 amide bonds. The molecule has 3 rings (SSSR count). The van der Waals surface area contributed by atoms with Crippen molar-refractivity contribution in [3.05, 3.63) is 42.1 Å². The summed E-state index contributed by atoms with van der Waals surface area (Å²) in [6, 6.07) is 8.88. The Morgan fingerprint density at radius 2 is 1.96 bits per heavy atom. The molecule has 1 aliphatic rings. The average Bonchev–Trinajstić information content (AvgIpc) is 3.05. The highest BCUT2D eigenvalue weighted by Gasteiger charge is 2.16. The van der Waals surface area contributed by atoms with Crippen LogP contribution in [0.3, 0.4) is 0 Å². The molecule has 1 aliphatic heterocycles. The van der Waals surface area contributed by atoms with Gasteiger partial charge in [-0.15, -0.1) is 0 Å². The predicted molar refractivity (Wildman–Crippen MR) is 88.3 cm³/mol. The van der Waals surface area contributed by atoms with Crippen molar-refractivity contribution in [2.75, 3.05) is 30.1 Å². The number of nitrogens with zero attached hydrogens (tertiary/aromatic N) is 2. The van der Waals surface area contributed by atoms with Gasteiger partial charge in [-0.25, -0.2) is 4.98 Å². The van der Waals surface area contributed by atoms with E-state index in [0.717, 1.165) is 18.9 Å². The Morgan fingerprint density at radius 1 is 1.17 bits per heavy atom. The molecular formula is C17H19N3O3. The summed E-state index contributed by atoms with van der Waals surface area (Å²) in [6.45, 7) is 6.15. The number of rotatable bonds is 5. The summed E-state index contributed by atoms with van der Waals surface area (Å²) in [5.41, 5.74) is 1.17. The van der Waals surface area contributed by atoms with Crippen LogP contribution in [-0.4, -0.2) is 30.8 Å². The van der Waals surface area contributed by atoms with E-state index in [1.165, 1.54) is 0 Å². The maximum atomic E-state index is 12.3. The largest absolute Gasteiger partial charge is 0.454 e. The lowest BCUT2D eigenvalue weighted by Gasteiger charge is -2.19. The van der Waals surface area contributed by atoms with Gasteiger partial charge in [-0.1, -0.05) is 0 Å². The molecule has 0 radical (unpaired) electrons. The van der Waals surface area contributed by atoms with E-state index in [4.69, 9.17) is 9.47 Å². The molecule has 2 heterocycles. The van der Waals surface area contributed by atoms with E-state index in [9.17, 15) is 4.79 Å². The molecule has 0 spiro atoms. The van der Waals surface area contributed by atoms with Gasteiger partial charge in [0, 0.05) is 18.7 Å². The number of carbonyl (C=O) groups is 1. The van der Waals surface area contributed by atoms with Gasteiger partial charge in [0.2, 0.25) is 6.79 Å². The number of anilines is 2. The first-order valence-corrected chi connectivity index (χ1v) is 7.63. The molecule has 1 aromatic heterocycles. The van der Waals surface area contributed by atoms with Gasteiger partial charge in [-0.2, -0.15) is 0 Å². The van der Waals surface area contributed by atoms with Gasteiger partial charge in [0.05, 0.1) is 11.9 Å². The molecule has 23 heavy (non-hydrogen) atoms. The Bertz CT molecular complexity index is 697.